The van der Waals surface area contributed by atoms with Gasteiger partial charge in [-0.05, 0) is 35.7 Å². The van der Waals surface area contributed by atoms with E-state index >= 15 is 0 Å². The van der Waals surface area contributed by atoms with E-state index in [4.69, 9.17) is 11.6 Å². The van der Waals surface area contributed by atoms with Crippen LogP contribution < -0.4 is 0 Å². The van der Waals surface area contributed by atoms with Crippen LogP contribution in [0.3, 0.4) is 0 Å². The molecule has 1 aliphatic carbocycles. The second-order valence-corrected chi connectivity index (χ2v) is 4.80. The van der Waals surface area contributed by atoms with Gasteiger partial charge in [0.2, 0.25) is 0 Å². The number of hydrogen-bond donors (Lipinski definition) is 0. The van der Waals surface area contributed by atoms with Crippen LogP contribution in [0, 0.1) is 0 Å². The number of aromatic nitrogens is 1. The highest BCUT2D eigenvalue weighted by atomic mass is 35.5. The molecule has 0 bridgehead atoms. The van der Waals surface area contributed by atoms with E-state index in [9.17, 15) is 0 Å². The van der Waals surface area contributed by atoms with Gasteiger partial charge in [-0.2, -0.15) is 0 Å². The summed E-state index contributed by atoms with van der Waals surface area (Å²) < 4.78 is 2.34. The van der Waals surface area contributed by atoms with Gasteiger partial charge in [-0.15, -0.1) is 0 Å². The van der Waals surface area contributed by atoms with E-state index in [2.05, 4.69) is 35.9 Å². The zero-order valence-corrected chi connectivity index (χ0v) is 10.1. The molecule has 0 unspecified atom stereocenters. The molecule has 0 spiro atoms. The molecule has 1 nitrogen and oxygen atoms in total. The molecule has 0 fully saturated rings. The van der Waals surface area contributed by atoms with Crippen LogP contribution in [0.1, 0.15) is 24.5 Å². The maximum absolute atomic E-state index is 6.08. The molecule has 1 aromatic heterocycles. The van der Waals surface area contributed by atoms with Crippen molar-refractivity contribution in [2.75, 3.05) is 0 Å². The second kappa shape index (κ2) is 3.67. The summed E-state index contributed by atoms with van der Waals surface area (Å²) in [6, 6.07) is 8.46. The van der Waals surface area contributed by atoms with Crippen molar-refractivity contribution in [1.82, 2.24) is 4.57 Å². The molecule has 0 amide bonds. The van der Waals surface area contributed by atoms with Gasteiger partial charge in [-0.25, -0.2) is 0 Å². The van der Waals surface area contributed by atoms with Crippen LogP contribution in [0.2, 0.25) is 5.02 Å². The lowest BCUT2D eigenvalue weighted by Crippen LogP contribution is -1.96. The highest BCUT2D eigenvalue weighted by Crippen LogP contribution is 2.38. The van der Waals surface area contributed by atoms with E-state index in [1.807, 2.05) is 6.07 Å². The van der Waals surface area contributed by atoms with Gasteiger partial charge in [0, 0.05) is 29.7 Å². The molecule has 3 rings (SSSR count). The van der Waals surface area contributed by atoms with E-state index in [0.29, 0.717) is 0 Å². The van der Waals surface area contributed by atoms with Crippen LogP contribution in [0.15, 0.2) is 30.5 Å². The molecule has 1 aliphatic rings. The largest absolute Gasteiger partial charge is 0.347 e. The van der Waals surface area contributed by atoms with Gasteiger partial charge < -0.3 is 4.57 Å². The lowest BCUT2D eigenvalue weighted by Gasteiger charge is -2.07. The number of fused-ring (bicyclic) bond motifs is 3. The zero-order valence-electron chi connectivity index (χ0n) is 9.33. The Morgan fingerprint density at radius 2 is 2.12 bits per heavy atom. The van der Waals surface area contributed by atoms with Crippen LogP contribution >= 0.6 is 11.6 Å². The highest BCUT2D eigenvalue weighted by Gasteiger charge is 2.21. The first-order valence-electron chi connectivity index (χ1n) is 5.76. The van der Waals surface area contributed by atoms with Gasteiger partial charge in [-0.3, -0.25) is 0 Å². The van der Waals surface area contributed by atoms with Gasteiger partial charge >= 0.3 is 0 Å². The predicted molar refractivity (Wildman–Crippen MR) is 68.0 cm³/mol. The SMILES string of the molecule is CCCn1ccc2c1-c1cc(Cl)ccc1C2. The quantitative estimate of drug-likeness (QED) is 0.625. The minimum Gasteiger partial charge on any atom is -0.347 e. The third kappa shape index (κ3) is 1.39. The minimum atomic E-state index is 0.829. The monoisotopic (exact) mass is 231 g/mol. The van der Waals surface area contributed by atoms with Crippen molar-refractivity contribution in [1.29, 1.82) is 0 Å². The maximum atomic E-state index is 6.08. The molecule has 0 radical (unpaired) electrons. The molecule has 0 saturated heterocycles. The Balaban J connectivity index is 2.17. The Labute approximate surface area is 101 Å². The summed E-state index contributed by atoms with van der Waals surface area (Å²) in [6.45, 7) is 3.29. The molecule has 0 atom stereocenters. The zero-order chi connectivity index (χ0) is 11.1. The summed E-state index contributed by atoms with van der Waals surface area (Å²) in [7, 11) is 0. The van der Waals surface area contributed by atoms with Crippen LogP contribution in [0.25, 0.3) is 11.3 Å². The fourth-order valence-corrected chi connectivity index (χ4v) is 2.72. The number of aryl methyl sites for hydroxylation is 1. The van der Waals surface area contributed by atoms with Crippen molar-refractivity contribution >= 4 is 11.6 Å². The highest BCUT2D eigenvalue weighted by molar-refractivity contribution is 6.30. The Morgan fingerprint density at radius 1 is 1.25 bits per heavy atom. The fraction of sp³-hybridized carbons (Fsp3) is 0.286. The molecule has 0 aliphatic heterocycles. The Bertz CT molecular complexity index is 540. The van der Waals surface area contributed by atoms with Crippen molar-refractivity contribution in [3.8, 4) is 11.3 Å². The maximum Gasteiger partial charge on any atom is 0.0519 e. The van der Waals surface area contributed by atoms with Crippen LogP contribution in [-0.2, 0) is 13.0 Å². The standard InChI is InChI=1S/C14H14ClN/c1-2-6-16-7-5-11-8-10-3-4-12(15)9-13(10)14(11)16/h3-5,7,9H,2,6,8H2,1H3. The Morgan fingerprint density at radius 3 is 2.94 bits per heavy atom. The number of nitrogens with zero attached hydrogens (tertiary/aromatic N) is 1. The summed E-state index contributed by atoms with van der Waals surface area (Å²) in [5.41, 5.74) is 5.53. The van der Waals surface area contributed by atoms with Crippen LogP contribution in [-0.4, -0.2) is 4.57 Å². The first-order chi connectivity index (χ1) is 7.79. The topological polar surface area (TPSA) is 4.93 Å². The summed E-state index contributed by atoms with van der Waals surface area (Å²) in [5, 5.41) is 0.829. The molecular formula is C14H14ClN. The molecule has 1 aromatic carbocycles. The number of hydrogen-bond acceptors (Lipinski definition) is 0. The normalized spacial score (nSPS) is 12.6. The van der Waals surface area contributed by atoms with Crippen molar-refractivity contribution in [2.45, 2.75) is 26.3 Å². The van der Waals surface area contributed by atoms with Crippen LogP contribution in [0.4, 0.5) is 0 Å². The molecular weight excluding hydrogens is 218 g/mol. The molecule has 82 valence electrons. The molecule has 1 heterocycles. The van der Waals surface area contributed by atoms with Gasteiger partial charge in [-0.1, -0.05) is 24.6 Å². The average molecular weight is 232 g/mol. The van der Waals surface area contributed by atoms with E-state index in [-0.39, 0.29) is 0 Å². The molecule has 2 heteroatoms. The smallest absolute Gasteiger partial charge is 0.0519 e. The van der Waals surface area contributed by atoms with Gasteiger partial charge in [0.25, 0.3) is 0 Å². The summed E-state index contributed by atoms with van der Waals surface area (Å²) in [6.07, 6.45) is 4.41. The first kappa shape index (κ1) is 9.98. The molecule has 0 saturated carbocycles. The first-order valence-corrected chi connectivity index (χ1v) is 6.14. The molecule has 0 N–H and O–H groups in total. The lowest BCUT2D eigenvalue weighted by atomic mass is 10.1. The Kier molecular flexibility index (Phi) is 2.29. The Hall–Kier alpha value is -1.21. The van der Waals surface area contributed by atoms with E-state index in [0.717, 1.165) is 24.4 Å². The fourth-order valence-electron chi connectivity index (χ4n) is 2.54. The van der Waals surface area contributed by atoms with Crippen LogP contribution in [0.5, 0.6) is 0 Å². The minimum absolute atomic E-state index is 0.829. The van der Waals surface area contributed by atoms with Crippen molar-refractivity contribution in [3.63, 3.8) is 0 Å². The lowest BCUT2D eigenvalue weighted by molar-refractivity contribution is 0.689. The van der Waals surface area contributed by atoms with E-state index < -0.39 is 0 Å². The third-order valence-corrected chi connectivity index (χ3v) is 3.45. The summed E-state index contributed by atoms with van der Waals surface area (Å²) in [4.78, 5) is 0. The summed E-state index contributed by atoms with van der Waals surface area (Å²) in [5.74, 6) is 0. The predicted octanol–water partition coefficient (Wildman–Crippen LogP) is 4.12. The molecule has 16 heavy (non-hydrogen) atoms. The number of benzene rings is 1. The van der Waals surface area contributed by atoms with E-state index in [1.165, 1.54) is 22.4 Å². The van der Waals surface area contributed by atoms with E-state index in [1.54, 1.807) is 0 Å². The average Bonchev–Trinajstić information content (AvgIpc) is 2.79. The second-order valence-electron chi connectivity index (χ2n) is 4.36. The van der Waals surface area contributed by atoms with Crippen molar-refractivity contribution in [3.05, 3.63) is 46.6 Å². The van der Waals surface area contributed by atoms with Gasteiger partial charge in [0.15, 0.2) is 0 Å². The summed E-state index contributed by atoms with van der Waals surface area (Å²) >= 11 is 6.08. The number of halogens is 1. The van der Waals surface area contributed by atoms with Gasteiger partial charge in [0.1, 0.15) is 0 Å². The third-order valence-electron chi connectivity index (χ3n) is 3.22. The number of rotatable bonds is 2. The van der Waals surface area contributed by atoms with Crippen molar-refractivity contribution < 1.29 is 0 Å². The van der Waals surface area contributed by atoms with Gasteiger partial charge in [0.05, 0.1) is 5.69 Å². The van der Waals surface area contributed by atoms with Crippen molar-refractivity contribution in [2.24, 2.45) is 0 Å². The molecule has 2 aromatic rings.